The van der Waals surface area contributed by atoms with Gasteiger partial charge >= 0.3 is 12.0 Å². The van der Waals surface area contributed by atoms with Gasteiger partial charge in [0.05, 0.1) is 5.69 Å². The van der Waals surface area contributed by atoms with E-state index in [1.807, 2.05) is 24.3 Å². The molecule has 0 bridgehead atoms. The molecule has 2 aromatic rings. The van der Waals surface area contributed by atoms with Crippen LogP contribution in [0.5, 0.6) is 0 Å². The number of urea groups is 1. The number of H-pyrrole nitrogens is 1. The van der Waals surface area contributed by atoms with Crippen LogP contribution in [0.4, 0.5) is 4.79 Å². The predicted molar refractivity (Wildman–Crippen MR) is 108 cm³/mol. The number of nitrogens with one attached hydrogen (secondary N) is 2. The van der Waals surface area contributed by atoms with E-state index in [0.29, 0.717) is 18.7 Å². The monoisotopic (exact) mass is 412 g/mol. The van der Waals surface area contributed by atoms with Crippen LogP contribution in [0.1, 0.15) is 32.0 Å². The van der Waals surface area contributed by atoms with Crippen molar-refractivity contribution >= 4 is 34.7 Å². The van der Waals surface area contributed by atoms with Gasteiger partial charge in [-0.15, -0.1) is 0 Å². The molecule has 9 nitrogen and oxygen atoms in total. The molecule has 1 aromatic heterocycles. The van der Waals surface area contributed by atoms with Crippen LogP contribution in [0.2, 0.25) is 0 Å². The fourth-order valence-corrected chi connectivity index (χ4v) is 4.65. The number of aromatic nitrogens is 1. The lowest BCUT2D eigenvalue weighted by molar-refractivity contribution is -0.142. The summed E-state index contributed by atoms with van der Waals surface area (Å²) in [7, 11) is 0. The van der Waals surface area contributed by atoms with Gasteiger partial charge < -0.3 is 20.3 Å². The van der Waals surface area contributed by atoms with Gasteiger partial charge in [0.15, 0.2) is 5.54 Å². The summed E-state index contributed by atoms with van der Waals surface area (Å²) in [5.41, 5.74) is 1.32. The predicted octanol–water partition coefficient (Wildman–Crippen LogP) is 1.43. The molecule has 30 heavy (non-hydrogen) atoms. The highest BCUT2D eigenvalue weighted by molar-refractivity contribution is 6.11. The number of benzene rings is 1. The molecule has 9 heteroatoms. The summed E-state index contributed by atoms with van der Waals surface area (Å²) >= 11 is 0. The summed E-state index contributed by atoms with van der Waals surface area (Å²) in [6.45, 7) is 4.92. The van der Waals surface area contributed by atoms with E-state index >= 15 is 0 Å². The zero-order chi connectivity index (χ0) is 21.8. The zero-order valence-corrected chi connectivity index (χ0v) is 17.1. The largest absolute Gasteiger partial charge is 0.480 e. The summed E-state index contributed by atoms with van der Waals surface area (Å²) in [6, 6.07) is 6.12. The molecule has 2 aliphatic rings. The van der Waals surface area contributed by atoms with Crippen molar-refractivity contribution in [3.8, 4) is 0 Å². The summed E-state index contributed by atoms with van der Waals surface area (Å²) in [5, 5.41) is 12.2. The number of amides is 4. The van der Waals surface area contributed by atoms with Gasteiger partial charge in [-0.3, -0.25) is 14.4 Å². The van der Waals surface area contributed by atoms with Crippen LogP contribution in [-0.4, -0.2) is 62.8 Å². The molecular weight excluding hydrogens is 388 g/mol. The van der Waals surface area contributed by atoms with Crippen molar-refractivity contribution in [2.75, 3.05) is 13.1 Å². The number of nitrogens with zero attached hydrogens (tertiary/aromatic N) is 2. The molecule has 0 saturated carbocycles. The second-order valence-electron chi connectivity index (χ2n) is 8.26. The first-order valence-electron chi connectivity index (χ1n) is 9.92. The Labute approximate surface area is 173 Å². The third kappa shape index (κ3) is 2.68. The number of para-hydroxylation sites is 1. The van der Waals surface area contributed by atoms with E-state index in [1.165, 1.54) is 4.90 Å². The van der Waals surface area contributed by atoms with E-state index in [2.05, 4.69) is 10.3 Å². The molecule has 1 fully saturated rings. The zero-order valence-electron chi connectivity index (χ0n) is 17.1. The average molecular weight is 412 g/mol. The number of aromatic amines is 1. The van der Waals surface area contributed by atoms with Gasteiger partial charge in [-0.2, -0.15) is 0 Å². The first-order valence-corrected chi connectivity index (χ1v) is 9.92. The molecule has 0 radical (unpaired) electrons. The van der Waals surface area contributed by atoms with Crippen molar-refractivity contribution in [2.24, 2.45) is 5.92 Å². The van der Waals surface area contributed by atoms with Gasteiger partial charge in [-0.05, 0) is 30.9 Å². The van der Waals surface area contributed by atoms with Crippen molar-refractivity contribution in [1.82, 2.24) is 20.1 Å². The third-order valence-electron chi connectivity index (χ3n) is 6.09. The Hall–Kier alpha value is -3.36. The van der Waals surface area contributed by atoms with Crippen molar-refractivity contribution < 1.29 is 24.3 Å². The molecule has 158 valence electrons. The number of rotatable bonds is 5. The Balaban J connectivity index is 1.77. The smallest absolute Gasteiger partial charge is 0.328 e. The maximum Gasteiger partial charge on any atom is 0.328 e. The fourth-order valence-electron chi connectivity index (χ4n) is 4.65. The molecule has 1 saturated heterocycles. The number of hydrogen-bond donors (Lipinski definition) is 3. The van der Waals surface area contributed by atoms with Gasteiger partial charge in [-0.25, -0.2) is 9.69 Å². The number of hydrogen-bond acceptors (Lipinski definition) is 4. The van der Waals surface area contributed by atoms with Crippen LogP contribution >= 0.6 is 0 Å². The number of aliphatic carboxylic acids is 1. The number of carbonyl (C=O) groups is 4. The molecule has 2 aliphatic heterocycles. The molecule has 4 amide bonds. The molecule has 0 aliphatic carbocycles. The molecule has 2 atom stereocenters. The Morgan fingerprint density at radius 2 is 1.97 bits per heavy atom. The topological polar surface area (TPSA) is 123 Å². The van der Waals surface area contributed by atoms with Gasteiger partial charge in [0.1, 0.15) is 12.6 Å². The van der Waals surface area contributed by atoms with Crippen LogP contribution in [0, 0.1) is 5.92 Å². The molecule has 2 unspecified atom stereocenters. The molecule has 4 rings (SSSR count). The first kappa shape index (κ1) is 19.9. The maximum atomic E-state index is 13.6. The lowest BCUT2D eigenvalue weighted by atomic mass is 9.86. The van der Waals surface area contributed by atoms with Crippen LogP contribution < -0.4 is 5.32 Å². The Morgan fingerprint density at radius 1 is 1.27 bits per heavy atom. The number of carboxylic acids is 1. The van der Waals surface area contributed by atoms with E-state index in [9.17, 15) is 19.2 Å². The highest BCUT2D eigenvalue weighted by Gasteiger charge is 2.61. The van der Waals surface area contributed by atoms with Crippen LogP contribution in [0.3, 0.4) is 0 Å². The van der Waals surface area contributed by atoms with E-state index in [1.54, 1.807) is 20.8 Å². The first-order chi connectivity index (χ1) is 14.2. The Kier molecular flexibility index (Phi) is 4.56. The van der Waals surface area contributed by atoms with Gasteiger partial charge in [0.25, 0.3) is 5.91 Å². The molecule has 3 N–H and O–H groups in total. The summed E-state index contributed by atoms with van der Waals surface area (Å²) in [5.74, 6) is -2.73. The highest BCUT2D eigenvalue weighted by atomic mass is 16.4. The highest BCUT2D eigenvalue weighted by Crippen LogP contribution is 2.45. The summed E-state index contributed by atoms with van der Waals surface area (Å²) < 4.78 is 0. The Morgan fingerprint density at radius 3 is 2.63 bits per heavy atom. The number of carboxylic acid groups (broad SMARTS) is 1. The summed E-state index contributed by atoms with van der Waals surface area (Å²) in [6.07, 6.45) is 0.597. The minimum absolute atomic E-state index is 0.355. The van der Waals surface area contributed by atoms with Crippen LogP contribution in [-0.2, 0) is 26.3 Å². The van der Waals surface area contributed by atoms with E-state index in [4.69, 9.17) is 5.11 Å². The standard InChI is InChI=1S/C21H24N4O5/c1-11(2)16(18(28)22-10-15(26)27)25-19(29)21(3)17-13(8-9-24(21)20(25)30)12-6-4-5-7-14(12)23-17/h4-7,11,16,23H,8-10H2,1-3H3,(H,22,28)(H,26,27). The van der Waals surface area contributed by atoms with Gasteiger partial charge in [0.2, 0.25) is 5.91 Å². The Bertz CT molecular complexity index is 1070. The number of carbonyl (C=O) groups excluding carboxylic acids is 3. The number of imide groups is 1. The minimum atomic E-state index is -1.25. The van der Waals surface area contributed by atoms with E-state index in [-0.39, 0.29) is 5.92 Å². The summed E-state index contributed by atoms with van der Waals surface area (Å²) in [4.78, 5) is 56.3. The third-order valence-corrected chi connectivity index (χ3v) is 6.09. The molecular formula is C21H24N4O5. The molecule has 1 aromatic carbocycles. The van der Waals surface area contributed by atoms with Crippen molar-refractivity contribution in [3.63, 3.8) is 0 Å². The molecule has 0 spiro atoms. The second kappa shape index (κ2) is 6.86. The minimum Gasteiger partial charge on any atom is -0.480 e. The van der Waals surface area contributed by atoms with Crippen molar-refractivity contribution in [2.45, 2.75) is 38.8 Å². The normalized spacial score (nSPS) is 21.7. The van der Waals surface area contributed by atoms with E-state index < -0.39 is 41.9 Å². The lowest BCUT2D eigenvalue weighted by Gasteiger charge is -2.36. The average Bonchev–Trinajstić information content (AvgIpc) is 3.16. The van der Waals surface area contributed by atoms with Gasteiger partial charge in [0, 0.05) is 17.4 Å². The second-order valence-corrected chi connectivity index (χ2v) is 8.26. The van der Waals surface area contributed by atoms with Gasteiger partial charge in [-0.1, -0.05) is 32.0 Å². The number of fused-ring (bicyclic) bond motifs is 5. The SMILES string of the molecule is CC(C)C(C(=O)NCC(=O)O)N1C(=O)N2CCc3c([nH]c4ccccc34)C2(C)C1=O. The quantitative estimate of drug-likeness (QED) is 0.641. The van der Waals surface area contributed by atoms with E-state index in [0.717, 1.165) is 21.4 Å². The van der Waals surface area contributed by atoms with Crippen molar-refractivity contribution in [3.05, 3.63) is 35.5 Å². The molecule has 3 heterocycles. The maximum absolute atomic E-state index is 13.6. The fraction of sp³-hybridized carbons (Fsp3) is 0.429. The van der Waals surface area contributed by atoms with Crippen LogP contribution in [0.15, 0.2) is 24.3 Å². The van der Waals surface area contributed by atoms with Crippen molar-refractivity contribution in [1.29, 1.82) is 0 Å². The van der Waals surface area contributed by atoms with Crippen LogP contribution in [0.25, 0.3) is 10.9 Å². The lowest BCUT2D eigenvalue weighted by Crippen LogP contribution is -2.54.